The highest BCUT2D eigenvalue weighted by Crippen LogP contribution is 2.27. The molecule has 2 aromatic carbocycles. The molecule has 1 amide bonds. The topological polar surface area (TPSA) is 86.6 Å². The van der Waals surface area contributed by atoms with Crippen LogP contribution in [0.5, 0.6) is 5.75 Å². The monoisotopic (exact) mass is 305 g/mol. The van der Waals surface area contributed by atoms with Crippen molar-refractivity contribution in [3.8, 4) is 5.75 Å². The highest BCUT2D eigenvalue weighted by molar-refractivity contribution is 6.34. The minimum atomic E-state index is -1.19. The van der Waals surface area contributed by atoms with Gasteiger partial charge in [-0.05, 0) is 42.8 Å². The second-order valence-corrected chi connectivity index (χ2v) is 4.83. The molecule has 0 aromatic heterocycles. The molecule has 21 heavy (non-hydrogen) atoms. The standard InChI is InChI=1S/C15H12ClNO4/c1-8-7-9(5-6-12(8)18)14(19)17-13-10(15(20)21)3-2-4-11(13)16/h2-7,18H,1H3,(H,17,19)(H,20,21). The molecule has 6 heteroatoms. The first-order valence-electron chi connectivity index (χ1n) is 6.03. The minimum absolute atomic E-state index is 0.0439. The van der Waals surface area contributed by atoms with Crippen LogP contribution in [0.1, 0.15) is 26.3 Å². The van der Waals surface area contributed by atoms with Gasteiger partial charge in [-0.2, -0.15) is 0 Å². The van der Waals surface area contributed by atoms with Gasteiger partial charge in [0.05, 0.1) is 16.3 Å². The number of aryl methyl sites for hydroxylation is 1. The molecule has 0 fully saturated rings. The van der Waals surface area contributed by atoms with E-state index in [-0.39, 0.29) is 22.0 Å². The van der Waals surface area contributed by atoms with Gasteiger partial charge in [-0.15, -0.1) is 0 Å². The largest absolute Gasteiger partial charge is 0.508 e. The van der Waals surface area contributed by atoms with Crippen molar-refractivity contribution in [2.75, 3.05) is 5.32 Å². The zero-order valence-electron chi connectivity index (χ0n) is 11.1. The number of carboxylic acid groups (broad SMARTS) is 1. The number of aromatic carboxylic acids is 1. The van der Waals surface area contributed by atoms with E-state index in [0.29, 0.717) is 11.1 Å². The Morgan fingerprint density at radius 3 is 2.52 bits per heavy atom. The van der Waals surface area contributed by atoms with E-state index in [1.54, 1.807) is 6.92 Å². The van der Waals surface area contributed by atoms with E-state index in [1.165, 1.54) is 36.4 Å². The summed E-state index contributed by atoms with van der Waals surface area (Å²) in [5.41, 5.74) is 0.788. The Morgan fingerprint density at radius 1 is 1.19 bits per heavy atom. The Bertz CT molecular complexity index is 728. The molecule has 5 nitrogen and oxygen atoms in total. The van der Waals surface area contributed by atoms with Crippen molar-refractivity contribution in [3.05, 3.63) is 58.1 Å². The molecule has 0 atom stereocenters. The summed E-state index contributed by atoms with van der Waals surface area (Å²) in [6, 6.07) is 8.68. The molecule has 0 bridgehead atoms. The maximum atomic E-state index is 12.2. The average molecular weight is 306 g/mol. The maximum Gasteiger partial charge on any atom is 0.337 e. The van der Waals surface area contributed by atoms with Crippen molar-refractivity contribution in [2.24, 2.45) is 0 Å². The number of carbonyl (C=O) groups excluding carboxylic acids is 1. The smallest absolute Gasteiger partial charge is 0.337 e. The molecule has 2 aromatic rings. The van der Waals surface area contributed by atoms with Gasteiger partial charge >= 0.3 is 5.97 Å². The van der Waals surface area contributed by atoms with Crippen LogP contribution < -0.4 is 5.32 Å². The molecule has 2 rings (SSSR count). The molecule has 0 saturated heterocycles. The number of anilines is 1. The van der Waals surface area contributed by atoms with E-state index < -0.39 is 11.9 Å². The van der Waals surface area contributed by atoms with Gasteiger partial charge in [-0.3, -0.25) is 4.79 Å². The van der Waals surface area contributed by atoms with Crippen LogP contribution in [0.15, 0.2) is 36.4 Å². The van der Waals surface area contributed by atoms with Crippen LogP contribution in [0.2, 0.25) is 5.02 Å². The molecule has 3 N–H and O–H groups in total. The summed E-state index contributed by atoms with van der Waals surface area (Å²) in [7, 11) is 0. The number of benzene rings is 2. The van der Waals surface area contributed by atoms with E-state index in [4.69, 9.17) is 16.7 Å². The van der Waals surface area contributed by atoms with Gasteiger partial charge in [-0.1, -0.05) is 17.7 Å². The Balaban J connectivity index is 2.36. The Kier molecular flexibility index (Phi) is 4.14. The molecule has 108 valence electrons. The van der Waals surface area contributed by atoms with Crippen LogP contribution in [0, 0.1) is 6.92 Å². The summed E-state index contributed by atoms with van der Waals surface area (Å²) in [4.78, 5) is 23.3. The zero-order valence-corrected chi connectivity index (χ0v) is 11.8. The van der Waals surface area contributed by atoms with Gasteiger partial charge in [-0.25, -0.2) is 4.79 Å². The third-order valence-electron chi connectivity index (χ3n) is 2.94. The molecule has 0 saturated carbocycles. The lowest BCUT2D eigenvalue weighted by atomic mass is 10.1. The first-order chi connectivity index (χ1) is 9.90. The summed E-state index contributed by atoms with van der Waals surface area (Å²) < 4.78 is 0. The second kappa shape index (κ2) is 5.85. The molecule has 0 unspecified atom stereocenters. The number of phenolic OH excluding ortho intramolecular Hbond substituents is 1. The van der Waals surface area contributed by atoms with E-state index in [2.05, 4.69) is 5.32 Å². The summed E-state index contributed by atoms with van der Waals surface area (Å²) >= 11 is 5.94. The summed E-state index contributed by atoms with van der Waals surface area (Å²) in [5, 5.41) is 21.2. The predicted molar refractivity (Wildman–Crippen MR) is 79.2 cm³/mol. The van der Waals surface area contributed by atoms with Crippen LogP contribution in [-0.2, 0) is 0 Å². The van der Waals surface area contributed by atoms with E-state index >= 15 is 0 Å². The number of halogens is 1. The molecule has 0 spiro atoms. The number of carbonyl (C=O) groups is 2. The summed E-state index contributed by atoms with van der Waals surface area (Å²) in [5.74, 6) is -1.61. The molecule has 0 heterocycles. The fraction of sp³-hybridized carbons (Fsp3) is 0.0667. The highest BCUT2D eigenvalue weighted by Gasteiger charge is 2.16. The van der Waals surface area contributed by atoms with Crippen LogP contribution in [-0.4, -0.2) is 22.1 Å². The molecular formula is C15H12ClNO4. The number of hydrogen-bond donors (Lipinski definition) is 3. The number of amides is 1. The number of nitrogens with one attached hydrogen (secondary N) is 1. The number of carboxylic acids is 1. The summed E-state index contributed by atoms with van der Waals surface area (Å²) in [6.07, 6.45) is 0. The first kappa shape index (κ1) is 14.9. The number of phenols is 1. The van der Waals surface area contributed by atoms with E-state index in [0.717, 1.165) is 0 Å². The maximum absolute atomic E-state index is 12.2. The van der Waals surface area contributed by atoms with Gasteiger partial charge in [0.15, 0.2) is 0 Å². The molecule has 0 aliphatic carbocycles. The van der Waals surface area contributed by atoms with Gasteiger partial charge in [0.1, 0.15) is 5.75 Å². The van der Waals surface area contributed by atoms with Gasteiger partial charge in [0.2, 0.25) is 0 Å². The number of para-hydroxylation sites is 1. The third kappa shape index (κ3) is 3.14. The zero-order chi connectivity index (χ0) is 15.6. The quantitative estimate of drug-likeness (QED) is 0.812. The van der Waals surface area contributed by atoms with Crippen LogP contribution in [0.3, 0.4) is 0 Å². The summed E-state index contributed by atoms with van der Waals surface area (Å²) in [6.45, 7) is 1.66. The molecule has 0 aliphatic heterocycles. The van der Waals surface area contributed by atoms with Gasteiger partial charge in [0, 0.05) is 5.56 Å². The minimum Gasteiger partial charge on any atom is -0.508 e. The van der Waals surface area contributed by atoms with Gasteiger partial charge in [0.25, 0.3) is 5.91 Å². The lowest BCUT2D eigenvalue weighted by molar-refractivity contribution is 0.0698. The lowest BCUT2D eigenvalue weighted by Crippen LogP contribution is -2.15. The van der Waals surface area contributed by atoms with Crippen molar-refractivity contribution in [1.82, 2.24) is 0 Å². The van der Waals surface area contributed by atoms with Crippen molar-refractivity contribution >= 4 is 29.2 Å². The Hall–Kier alpha value is -2.53. The van der Waals surface area contributed by atoms with Crippen molar-refractivity contribution < 1.29 is 19.8 Å². The Labute approximate surface area is 125 Å². The average Bonchev–Trinajstić information content (AvgIpc) is 2.43. The molecule has 0 aliphatic rings. The number of hydrogen-bond acceptors (Lipinski definition) is 3. The first-order valence-corrected chi connectivity index (χ1v) is 6.40. The SMILES string of the molecule is Cc1cc(C(=O)Nc2c(Cl)cccc2C(=O)O)ccc1O. The van der Waals surface area contributed by atoms with E-state index in [9.17, 15) is 14.7 Å². The number of aromatic hydroxyl groups is 1. The van der Waals surface area contributed by atoms with Crippen molar-refractivity contribution in [3.63, 3.8) is 0 Å². The predicted octanol–water partition coefficient (Wildman–Crippen LogP) is 3.30. The second-order valence-electron chi connectivity index (χ2n) is 4.42. The highest BCUT2D eigenvalue weighted by atomic mass is 35.5. The van der Waals surface area contributed by atoms with Crippen LogP contribution >= 0.6 is 11.6 Å². The van der Waals surface area contributed by atoms with Gasteiger partial charge < -0.3 is 15.5 Å². The fourth-order valence-electron chi connectivity index (χ4n) is 1.81. The Morgan fingerprint density at radius 2 is 1.90 bits per heavy atom. The van der Waals surface area contributed by atoms with Crippen molar-refractivity contribution in [1.29, 1.82) is 0 Å². The van der Waals surface area contributed by atoms with Crippen LogP contribution in [0.4, 0.5) is 5.69 Å². The number of rotatable bonds is 3. The fourth-order valence-corrected chi connectivity index (χ4v) is 2.03. The lowest BCUT2D eigenvalue weighted by Gasteiger charge is -2.11. The molecule has 0 radical (unpaired) electrons. The third-order valence-corrected chi connectivity index (χ3v) is 3.26. The van der Waals surface area contributed by atoms with Crippen LogP contribution in [0.25, 0.3) is 0 Å². The molecular weight excluding hydrogens is 294 g/mol. The van der Waals surface area contributed by atoms with Crippen molar-refractivity contribution in [2.45, 2.75) is 6.92 Å². The van der Waals surface area contributed by atoms with E-state index in [1.807, 2.05) is 0 Å². The normalized spacial score (nSPS) is 10.2.